The summed E-state index contributed by atoms with van der Waals surface area (Å²) in [5.41, 5.74) is -0.193. The van der Waals surface area contributed by atoms with Crippen molar-refractivity contribution in [3.63, 3.8) is 0 Å². The second-order valence-electron chi connectivity index (χ2n) is 10.5. The molecule has 212 valence electrons. The maximum absolute atomic E-state index is 15.8. The number of fused-ring (bicyclic) bond motifs is 1. The second-order valence-corrected chi connectivity index (χ2v) is 10.5. The van der Waals surface area contributed by atoms with Crippen LogP contribution in [0.15, 0.2) is 60.0 Å². The molecule has 1 aliphatic heterocycles. The molecule has 41 heavy (non-hydrogen) atoms. The van der Waals surface area contributed by atoms with Crippen molar-refractivity contribution in [2.75, 3.05) is 24.5 Å². The Bertz CT molecular complexity index is 1750. The number of carbonyl (C=O) groups is 1. The Morgan fingerprint density at radius 3 is 2.59 bits per heavy atom. The lowest BCUT2D eigenvalue weighted by Crippen LogP contribution is -2.54. The molecule has 0 N–H and O–H groups in total. The van der Waals surface area contributed by atoms with Gasteiger partial charge < -0.3 is 15.0 Å². The number of aromatic nitrogens is 4. The van der Waals surface area contributed by atoms with Gasteiger partial charge in [-0.25, -0.2) is 18.3 Å². The summed E-state index contributed by atoms with van der Waals surface area (Å²) in [7, 11) is 0. The molecule has 11 heteroatoms. The molecular weight excluding hydrogens is 530 g/mol. The number of anilines is 1. The highest BCUT2D eigenvalue weighted by atomic mass is 19.1. The van der Waals surface area contributed by atoms with E-state index in [0.29, 0.717) is 30.0 Å². The van der Waals surface area contributed by atoms with Gasteiger partial charge in [0.25, 0.3) is 0 Å². The van der Waals surface area contributed by atoms with Crippen LogP contribution in [0.2, 0.25) is 0 Å². The second kappa shape index (κ2) is 10.7. The third kappa shape index (κ3) is 4.71. The molecule has 0 unspecified atom stereocenters. The Hall–Kier alpha value is -4.67. The predicted molar refractivity (Wildman–Crippen MR) is 152 cm³/mol. The van der Waals surface area contributed by atoms with Crippen LogP contribution in [-0.2, 0) is 4.79 Å². The van der Waals surface area contributed by atoms with Gasteiger partial charge in [0.2, 0.25) is 5.91 Å². The fraction of sp³-hybridized carbons (Fsp3) is 0.300. The standard InChI is InChI=1S/C30H30F2N6O3/c1-6-24(39)35-13-14-36(19(5)16-35)28-21-15-23(32)27(20-9-7-8-10-22(20)31)38(41)29(21)37(30(40)34-28)26-18(4)11-12-33-25(26)17(2)3/h6-12,15,17,19H,1,13-14,16H2,2-5H3/t19-/m0/s1. The third-order valence-electron chi connectivity index (χ3n) is 7.42. The minimum atomic E-state index is -0.967. The molecule has 1 aromatic carbocycles. The van der Waals surface area contributed by atoms with Crippen LogP contribution in [0.5, 0.6) is 0 Å². The van der Waals surface area contributed by atoms with Crippen LogP contribution in [0.1, 0.15) is 37.9 Å². The zero-order valence-corrected chi connectivity index (χ0v) is 23.3. The van der Waals surface area contributed by atoms with Gasteiger partial charge in [0, 0.05) is 31.9 Å². The summed E-state index contributed by atoms with van der Waals surface area (Å²) < 4.78 is 32.1. The number of amides is 1. The number of nitrogens with zero attached hydrogens (tertiary/aromatic N) is 6. The SMILES string of the molecule is C=CC(=O)N1CCN(c2nc(=O)n(-c3c(C)ccnc3C(C)C)c3c2cc(F)c(-c2ccccc2F)[n+]3[O-])[C@@H](C)C1. The van der Waals surface area contributed by atoms with E-state index in [4.69, 9.17) is 0 Å². The van der Waals surface area contributed by atoms with Crippen LogP contribution in [-0.4, -0.2) is 51.0 Å². The number of aryl methyl sites for hydroxylation is 1. The summed E-state index contributed by atoms with van der Waals surface area (Å²) in [6.07, 6.45) is 2.85. The van der Waals surface area contributed by atoms with E-state index in [1.807, 2.05) is 20.8 Å². The molecule has 1 fully saturated rings. The number of hydrogen-bond acceptors (Lipinski definition) is 6. The van der Waals surface area contributed by atoms with E-state index in [-0.39, 0.29) is 51.6 Å². The highest BCUT2D eigenvalue weighted by molar-refractivity contribution is 5.89. The van der Waals surface area contributed by atoms with Crippen molar-refractivity contribution in [3.05, 3.63) is 93.8 Å². The average molecular weight is 561 g/mol. The van der Waals surface area contributed by atoms with Crippen molar-refractivity contribution in [3.8, 4) is 16.9 Å². The van der Waals surface area contributed by atoms with E-state index in [2.05, 4.69) is 16.5 Å². The molecule has 0 aliphatic carbocycles. The summed E-state index contributed by atoms with van der Waals surface area (Å²) in [5, 5.41) is 14.2. The van der Waals surface area contributed by atoms with Crippen molar-refractivity contribution < 1.29 is 18.3 Å². The number of halogens is 2. The minimum Gasteiger partial charge on any atom is -0.710 e. The first kappa shape index (κ1) is 27.9. The van der Waals surface area contributed by atoms with Crippen LogP contribution in [0.4, 0.5) is 14.6 Å². The zero-order valence-electron chi connectivity index (χ0n) is 23.3. The van der Waals surface area contributed by atoms with Crippen LogP contribution >= 0.6 is 0 Å². The van der Waals surface area contributed by atoms with Gasteiger partial charge in [-0.3, -0.25) is 9.78 Å². The molecule has 5 rings (SSSR count). The molecule has 0 bridgehead atoms. The van der Waals surface area contributed by atoms with E-state index in [0.717, 1.165) is 16.7 Å². The summed E-state index contributed by atoms with van der Waals surface area (Å²) in [4.78, 5) is 38.4. The number of pyridine rings is 2. The van der Waals surface area contributed by atoms with Crippen molar-refractivity contribution in [1.82, 2.24) is 19.4 Å². The molecule has 1 saturated heterocycles. The van der Waals surface area contributed by atoms with Gasteiger partial charge in [-0.1, -0.05) is 32.6 Å². The Balaban J connectivity index is 1.86. The Morgan fingerprint density at radius 1 is 1.20 bits per heavy atom. The van der Waals surface area contributed by atoms with Crippen molar-refractivity contribution in [2.24, 2.45) is 0 Å². The van der Waals surface area contributed by atoms with Gasteiger partial charge in [0.1, 0.15) is 11.2 Å². The smallest absolute Gasteiger partial charge is 0.442 e. The van der Waals surface area contributed by atoms with Gasteiger partial charge in [-0.2, -0.15) is 4.98 Å². The summed E-state index contributed by atoms with van der Waals surface area (Å²) >= 11 is 0. The molecule has 0 spiro atoms. The lowest BCUT2D eigenvalue weighted by molar-refractivity contribution is -0.569. The van der Waals surface area contributed by atoms with Crippen LogP contribution in [0.25, 0.3) is 28.0 Å². The zero-order chi connectivity index (χ0) is 29.6. The van der Waals surface area contributed by atoms with Gasteiger partial charge >= 0.3 is 11.3 Å². The minimum absolute atomic E-state index is 0.0745. The van der Waals surface area contributed by atoms with Gasteiger partial charge in [-0.05, 0) is 55.7 Å². The van der Waals surface area contributed by atoms with Crippen molar-refractivity contribution in [1.29, 1.82) is 0 Å². The van der Waals surface area contributed by atoms with E-state index in [9.17, 15) is 19.2 Å². The third-order valence-corrected chi connectivity index (χ3v) is 7.42. The monoisotopic (exact) mass is 560 g/mol. The lowest BCUT2D eigenvalue weighted by Gasteiger charge is -2.40. The number of hydrogen-bond donors (Lipinski definition) is 0. The summed E-state index contributed by atoms with van der Waals surface area (Å²) in [6.45, 7) is 11.9. The number of benzene rings is 1. The molecule has 1 aliphatic rings. The van der Waals surface area contributed by atoms with E-state index >= 15 is 4.39 Å². The molecule has 1 atom stereocenters. The summed E-state index contributed by atoms with van der Waals surface area (Å²) in [6, 6.07) is 7.90. The van der Waals surface area contributed by atoms with E-state index in [1.54, 1.807) is 29.0 Å². The fourth-order valence-corrected chi connectivity index (χ4v) is 5.44. The van der Waals surface area contributed by atoms with Crippen LogP contribution < -0.4 is 15.3 Å². The first-order chi connectivity index (χ1) is 19.5. The number of piperazine rings is 1. The predicted octanol–water partition coefficient (Wildman–Crippen LogP) is 4.01. The number of carbonyl (C=O) groups excluding carboxylic acids is 1. The topological polar surface area (TPSA) is 98.3 Å². The number of rotatable bonds is 5. The molecule has 3 aromatic heterocycles. The molecule has 4 aromatic rings. The van der Waals surface area contributed by atoms with Crippen LogP contribution in [0.3, 0.4) is 0 Å². The molecule has 0 radical (unpaired) electrons. The van der Waals surface area contributed by atoms with Gasteiger partial charge in [0.15, 0.2) is 23.0 Å². The fourth-order valence-electron chi connectivity index (χ4n) is 5.44. The van der Waals surface area contributed by atoms with Crippen molar-refractivity contribution in [2.45, 2.75) is 39.7 Å². The van der Waals surface area contributed by atoms with Gasteiger partial charge in [-0.15, -0.1) is 4.57 Å². The highest BCUT2D eigenvalue weighted by Gasteiger charge is 2.34. The first-order valence-electron chi connectivity index (χ1n) is 13.3. The van der Waals surface area contributed by atoms with E-state index in [1.165, 1.54) is 24.3 Å². The average Bonchev–Trinajstić information content (AvgIpc) is 2.94. The van der Waals surface area contributed by atoms with Crippen LogP contribution in [0, 0.1) is 23.8 Å². The first-order valence-corrected chi connectivity index (χ1v) is 13.3. The molecular formula is C30H30F2N6O3. The lowest BCUT2D eigenvalue weighted by atomic mass is 10.0. The Kier molecular flexibility index (Phi) is 7.29. The summed E-state index contributed by atoms with van der Waals surface area (Å²) in [5.74, 6) is -2.00. The Labute approximate surface area is 235 Å². The normalized spacial score (nSPS) is 15.5. The quantitative estimate of drug-likeness (QED) is 0.208. The molecule has 1 amide bonds. The maximum atomic E-state index is 15.8. The van der Waals surface area contributed by atoms with Gasteiger partial charge in [0.05, 0.1) is 11.3 Å². The maximum Gasteiger partial charge on any atom is 0.442 e. The Morgan fingerprint density at radius 2 is 1.93 bits per heavy atom. The highest BCUT2D eigenvalue weighted by Crippen LogP contribution is 2.33. The van der Waals surface area contributed by atoms with E-state index < -0.39 is 23.0 Å². The molecule has 9 nitrogen and oxygen atoms in total. The largest absolute Gasteiger partial charge is 0.710 e. The molecule has 0 saturated carbocycles. The molecule has 4 heterocycles. The van der Waals surface area contributed by atoms with Crippen molar-refractivity contribution >= 4 is 22.8 Å².